The maximum absolute atomic E-state index is 11.3. The average molecular weight is 189 g/mol. The van der Waals surface area contributed by atoms with Crippen LogP contribution in [0.3, 0.4) is 0 Å². The molecule has 1 aromatic heterocycles. The van der Waals surface area contributed by atoms with Crippen LogP contribution in [0.25, 0.3) is 10.9 Å². The Bertz CT molecular complexity index is 551. The van der Waals surface area contributed by atoms with Crippen molar-refractivity contribution in [2.45, 2.75) is 0 Å². The molecule has 2 aromatic rings. The van der Waals surface area contributed by atoms with Crippen molar-refractivity contribution in [3.8, 4) is 5.75 Å². The first kappa shape index (κ1) is 8.50. The van der Waals surface area contributed by atoms with Gasteiger partial charge in [0, 0.05) is 18.2 Å². The molecule has 0 fully saturated rings. The second-order valence-electron chi connectivity index (χ2n) is 2.90. The number of hydrogen-bond acceptors (Lipinski definition) is 3. The second kappa shape index (κ2) is 2.99. The SMILES string of the molecule is O=c1cc2ccc[n+]([O-])c2ccc1O. The first-order chi connectivity index (χ1) is 6.68. The predicted octanol–water partition coefficient (Wildman–Crippen LogP) is 0.539. The van der Waals surface area contributed by atoms with Crippen molar-refractivity contribution in [2.24, 2.45) is 0 Å². The molecule has 0 spiro atoms. The summed E-state index contributed by atoms with van der Waals surface area (Å²) in [5, 5.41) is 20.9. The number of nitrogens with zero attached hydrogens (tertiary/aromatic N) is 1. The Balaban J connectivity index is 3.00. The zero-order valence-electron chi connectivity index (χ0n) is 7.18. The van der Waals surface area contributed by atoms with Gasteiger partial charge in [0.1, 0.15) is 0 Å². The lowest BCUT2D eigenvalue weighted by molar-refractivity contribution is -0.577. The predicted molar refractivity (Wildman–Crippen MR) is 50.8 cm³/mol. The fourth-order valence-electron chi connectivity index (χ4n) is 1.26. The van der Waals surface area contributed by atoms with Crippen LogP contribution in [0, 0.1) is 5.21 Å². The summed E-state index contributed by atoms with van der Waals surface area (Å²) in [5.41, 5.74) is -0.142. The maximum Gasteiger partial charge on any atom is 0.224 e. The van der Waals surface area contributed by atoms with Crippen LogP contribution in [0.1, 0.15) is 0 Å². The lowest BCUT2D eigenvalue weighted by atomic mass is 10.3. The van der Waals surface area contributed by atoms with Crippen molar-refractivity contribution < 1.29 is 9.84 Å². The summed E-state index contributed by atoms with van der Waals surface area (Å²) in [6.07, 6.45) is 1.34. The third kappa shape index (κ3) is 1.26. The zero-order valence-corrected chi connectivity index (χ0v) is 7.18. The van der Waals surface area contributed by atoms with Crippen molar-refractivity contribution in [2.75, 3.05) is 0 Å². The summed E-state index contributed by atoms with van der Waals surface area (Å²) in [4.78, 5) is 11.2. The smallest absolute Gasteiger partial charge is 0.224 e. The molecule has 0 saturated carbocycles. The van der Waals surface area contributed by atoms with Gasteiger partial charge in [0.25, 0.3) is 0 Å². The van der Waals surface area contributed by atoms with Gasteiger partial charge in [-0.2, -0.15) is 4.73 Å². The minimum absolute atomic E-state index is 0.352. The van der Waals surface area contributed by atoms with E-state index < -0.39 is 5.43 Å². The molecule has 1 N–H and O–H groups in total. The van der Waals surface area contributed by atoms with E-state index in [2.05, 4.69) is 0 Å². The molecule has 0 saturated heterocycles. The molecule has 0 unspecified atom stereocenters. The summed E-state index contributed by atoms with van der Waals surface area (Å²) in [6.45, 7) is 0. The maximum atomic E-state index is 11.3. The molecular weight excluding hydrogens is 182 g/mol. The summed E-state index contributed by atoms with van der Waals surface area (Å²) < 4.78 is 0.647. The van der Waals surface area contributed by atoms with E-state index in [0.717, 1.165) is 0 Å². The van der Waals surface area contributed by atoms with Crippen LogP contribution in [0.5, 0.6) is 5.75 Å². The molecule has 0 radical (unpaired) electrons. The second-order valence-corrected chi connectivity index (χ2v) is 2.90. The highest BCUT2D eigenvalue weighted by molar-refractivity contribution is 5.74. The van der Waals surface area contributed by atoms with Crippen LogP contribution < -0.4 is 10.2 Å². The van der Waals surface area contributed by atoms with E-state index in [1.54, 1.807) is 12.1 Å². The number of aromatic nitrogens is 1. The molecule has 0 aliphatic carbocycles. The van der Waals surface area contributed by atoms with Gasteiger partial charge in [-0.05, 0) is 12.1 Å². The van der Waals surface area contributed by atoms with Gasteiger partial charge >= 0.3 is 0 Å². The van der Waals surface area contributed by atoms with E-state index in [1.807, 2.05) is 0 Å². The molecule has 1 heterocycles. The van der Waals surface area contributed by atoms with Gasteiger partial charge < -0.3 is 10.3 Å². The number of pyridine rings is 1. The molecule has 0 bridgehead atoms. The standard InChI is InChI=1S/C10H7NO3/c12-9-4-3-8-7(6-10(9)13)2-1-5-11(8)14/h1-6H,(H,12,13). The van der Waals surface area contributed by atoms with Crippen molar-refractivity contribution in [3.63, 3.8) is 0 Å². The fourth-order valence-corrected chi connectivity index (χ4v) is 1.26. The number of aromatic hydroxyl groups is 1. The van der Waals surface area contributed by atoms with E-state index in [9.17, 15) is 10.0 Å². The number of rotatable bonds is 0. The Morgan fingerprint density at radius 3 is 2.86 bits per heavy atom. The summed E-state index contributed by atoms with van der Waals surface area (Å²) in [6, 6.07) is 7.06. The molecule has 0 aliphatic heterocycles. The first-order valence-electron chi connectivity index (χ1n) is 4.04. The van der Waals surface area contributed by atoms with E-state index in [4.69, 9.17) is 5.11 Å². The van der Waals surface area contributed by atoms with Gasteiger partial charge in [0.2, 0.25) is 10.9 Å². The van der Waals surface area contributed by atoms with Crippen molar-refractivity contribution in [1.82, 2.24) is 0 Å². The van der Waals surface area contributed by atoms with Crippen molar-refractivity contribution >= 4 is 10.9 Å². The normalized spacial score (nSPS) is 10.3. The minimum Gasteiger partial charge on any atom is -0.618 e. The van der Waals surface area contributed by atoms with Crippen LogP contribution in [0.4, 0.5) is 0 Å². The van der Waals surface area contributed by atoms with E-state index in [0.29, 0.717) is 15.6 Å². The van der Waals surface area contributed by atoms with Crippen LogP contribution >= 0.6 is 0 Å². The molecular formula is C10H7NO3. The first-order valence-corrected chi connectivity index (χ1v) is 4.04. The Morgan fingerprint density at radius 1 is 1.29 bits per heavy atom. The fraction of sp³-hybridized carbons (Fsp3) is 0. The molecule has 70 valence electrons. The lowest BCUT2D eigenvalue weighted by Crippen LogP contribution is -2.25. The monoisotopic (exact) mass is 189 g/mol. The highest BCUT2D eigenvalue weighted by Gasteiger charge is 2.02. The van der Waals surface area contributed by atoms with Gasteiger partial charge in [-0.3, -0.25) is 4.79 Å². The minimum atomic E-state index is -0.494. The number of fused-ring (bicyclic) bond motifs is 1. The molecule has 1 aromatic carbocycles. The quantitative estimate of drug-likeness (QED) is 0.486. The molecule has 4 nitrogen and oxygen atoms in total. The molecule has 0 amide bonds. The third-order valence-corrected chi connectivity index (χ3v) is 1.97. The molecule has 2 rings (SSSR count). The molecule has 14 heavy (non-hydrogen) atoms. The highest BCUT2D eigenvalue weighted by Crippen LogP contribution is 2.08. The van der Waals surface area contributed by atoms with Gasteiger partial charge in [-0.1, -0.05) is 0 Å². The Morgan fingerprint density at radius 2 is 2.07 bits per heavy atom. The zero-order chi connectivity index (χ0) is 10.1. The highest BCUT2D eigenvalue weighted by atomic mass is 16.5. The molecule has 0 atom stereocenters. The van der Waals surface area contributed by atoms with Crippen molar-refractivity contribution in [3.05, 3.63) is 52.0 Å². The number of hydrogen-bond donors (Lipinski definition) is 1. The van der Waals surface area contributed by atoms with Crippen molar-refractivity contribution in [1.29, 1.82) is 0 Å². The summed E-state index contributed by atoms with van der Waals surface area (Å²) in [7, 11) is 0. The van der Waals surface area contributed by atoms with Crippen LogP contribution in [0.2, 0.25) is 0 Å². The van der Waals surface area contributed by atoms with Gasteiger partial charge in [0.15, 0.2) is 11.9 Å². The van der Waals surface area contributed by atoms with E-state index in [-0.39, 0.29) is 5.75 Å². The topological polar surface area (TPSA) is 64.2 Å². The van der Waals surface area contributed by atoms with Gasteiger partial charge in [-0.15, -0.1) is 0 Å². The Hall–Kier alpha value is -2.10. The van der Waals surface area contributed by atoms with E-state index >= 15 is 0 Å². The Kier molecular flexibility index (Phi) is 1.81. The molecule has 4 heteroatoms. The summed E-state index contributed by atoms with van der Waals surface area (Å²) in [5.74, 6) is -0.360. The Labute approximate surface area is 79.3 Å². The molecule has 0 aliphatic rings. The summed E-state index contributed by atoms with van der Waals surface area (Å²) >= 11 is 0. The third-order valence-electron chi connectivity index (χ3n) is 1.97. The van der Waals surface area contributed by atoms with Crippen LogP contribution in [-0.2, 0) is 0 Å². The van der Waals surface area contributed by atoms with E-state index in [1.165, 1.54) is 24.4 Å². The average Bonchev–Trinajstić information content (AvgIpc) is 2.29. The van der Waals surface area contributed by atoms with Crippen LogP contribution in [0.15, 0.2) is 41.3 Å². The van der Waals surface area contributed by atoms with Gasteiger partial charge in [0.05, 0.1) is 5.39 Å². The van der Waals surface area contributed by atoms with Crippen LogP contribution in [-0.4, -0.2) is 5.11 Å². The largest absolute Gasteiger partial charge is 0.618 e. The lowest BCUT2D eigenvalue weighted by Gasteiger charge is -1.96. The van der Waals surface area contributed by atoms with Gasteiger partial charge in [-0.25, -0.2) is 0 Å².